The molecule has 10 heteroatoms. The number of carbonyl (C=O) groups is 3. The van der Waals surface area contributed by atoms with E-state index in [-0.39, 0.29) is 30.4 Å². The minimum absolute atomic E-state index is 0.0710. The molecule has 2 aromatic rings. The summed E-state index contributed by atoms with van der Waals surface area (Å²) in [6, 6.07) is 5.06. The van der Waals surface area contributed by atoms with E-state index in [0.29, 0.717) is 24.2 Å². The van der Waals surface area contributed by atoms with Crippen molar-refractivity contribution in [3.8, 4) is 18.1 Å². The van der Waals surface area contributed by atoms with Crippen LogP contribution < -0.4 is 26.4 Å². The van der Waals surface area contributed by atoms with Gasteiger partial charge in [0.15, 0.2) is 0 Å². The van der Waals surface area contributed by atoms with Gasteiger partial charge in [0.2, 0.25) is 11.8 Å². The number of rotatable bonds is 9. The molecule has 1 unspecified atom stereocenters. The summed E-state index contributed by atoms with van der Waals surface area (Å²) >= 11 is 0. The van der Waals surface area contributed by atoms with E-state index in [1.807, 2.05) is 0 Å². The molecule has 0 radical (unpaired) electrons. The van der Waals surface area contributed by atoms with Crippen LogP contribution in [0.5, 0.6) is 5.75 Å². The highest BCUT2D eigenvalue weighted by atomic mass is 16.5. The molecule has 1 aromatic carbocycles. The van der Waals surface area contributed by atoms with Crippen molar-refractivity contribution in [3.05, 3.63) is 30.0 Å². The van der Waals surface area contributed by atoms with Crippen LogP contribution in [0.2, 0.25) is 0 Å². The zero-order chi connectivity index (χ0) is 23.3. The van der Waals surface area contributed by atoms with Gasteiger partial charge in [-0.1, -0.05) is 6.07 Å². The standard InChI is InChI=1S/C22H27N5O5/c1-3-5-15(21(30)27-16(19(23)28)10-12-8-9-24-20(12)29)26-22(31)17-11-13-14(25-17)6-4-7-18(13)32-2/h1,4,6-7,11-12,15-16,19,25,28H,5,8-10,23H2,2H3,(H,24,29)(H,26,31)(H,27,30)/t12-,15-,16-,19?/m0/s1. The van der Waals surface area contributed by atoms with Gasteiger partial charge >= 0.3 is 0 Å². The maximum absolute atomic E-state index is 12.8. The number of methoxy groups -OCH3 is 1. The van der Waals surface area contributed by atoms with Crippen LogP contribution in [0, 0.1) is 18.3 Å². The van der Waals surface area contributed by atoms with Gasteiger partial charge in [0.25, 0.3) is 5.91 Å². The first-order valence-corrected chi connectivity index (χ1v) is 10.3. The fourth-order valence-corrected chi connectivity index (χ4v) is 3.73. The molecular formula is C22H27N5O5. The predicted octanol–water partition coefficient (Wildman–Crippen LogP) is -0.414. The van der Waals surface area contributed by atoms with E-state index in [0.717, 1.165) is 5.39 Å². The number of aliphatic hydroxyl groups excluding tert-OH is 1. The van der Waals surface area contributed by atoms with Crippen molar-refractivity contribution in [1.29, 1.82) is 0 Å². The molecule has 0 aliphatic carbocycles. The quantitative estimate of drug-likeness (QED) is 0.229. The molecule has 0 saturated carbocycles. The molecule has 0 bridgehead atoms. The number of H-pyrrole nitrogens is 1. The van der Waals surface area contributed by atoms with E-state index in [4.69, 9.17) is 16.9 Å². The van der Waals surface area contributed by atoms with Crippen LogP contribution in [-0.2, 0) is 9.59 Å². The summed E-state index contributed by atoms with van der Waals surface area (Å²) in [5, 5.41) is 18.5. The molecule has 170 valence electrons. The fourth-order valence-electron chi connectivity index (χ4n) is 3.73. The van der Waals surface area contributed by atoms with Crippen molar-refractivity contribution in [2.24, 2.45) is 11.7 Å². The van der Waals surface area contributed by atoms with Crippen LogP contribution in [0.25, 0.3) is 10.9 Å². The summed E-state index contributed by atoms with van der Waals surface area (Å²) in [6.45, 7) is 0.538. The molecule has 3 rings (SSSR count). The lowest BCUT2D eigenvalue weighted by Crippen LogP contribution is -2.55. The Morgan fingerprint density at radius 2 is 2.19 bits per heavy atom. The van der Waals surface area contributed by atoms with Crippen LogP contribution in [0.3, 0.4) is 0 Å². The second-order valence-electron chi connectivity index (χ2n) is 7.66. The molecule has 32 heavy (non-hydrogen) atoms. The number of hydrogen-bond donors (Lipinski definition) is 6. The Labute approximate surface area is 185 Å². The number of ether oxygens (including phenoxy) is 1. The van der Waals surface area contributed by atoms with E-state index >= 15 is 0 Å². The van der Waals surface area contributed by atoms with Gasteiger partial charge in [-0.2, -0.15) is 0 Å². The number of hydrogen-bond acceptors (Lipinski definition) is 6. The third-order valence-corrected chi connectivity index (χ3v) is 5.47. The Morgan fingerprint density at radius 3 is 2.81 bits per heavy atom. The number of aromatic nitrogens is 1. The summed E-state index contributed by atoms with van der Waals surface area (Å²) in [7, 11) is 1.53. The first-order chi connectivity index (χ1) is 15.3. The largest absolute Gasteiger partial charge is 0.496 e. The molecule has 7 N–H and O–H groups in total. The molecule has 1 saturated heterocycles. The van der Waals surface area contributed by atoms with Crippen LogP contribution >= 0.6 is 0 Å². The van der Waals surface area contributed by atoms with E-state index in [1.165, 1.54) is 7.11 Å². The molecule has 4 atom stereocenters. The summed E-state index contributed by atoms with van der Waals surface area (Å²) in [5.41, 5.74) is 6.55. The van der Waals surface area contributed by atoms with Crippen molar-refractivity contribution in [1.82, 2.24) is 20.9 Å². The van der Waals surface area contributed by atoms with Gasteiger partial charge in [-0.15, -0.1) is 12.3 Å². The number of nitrogens with one attached hydrogen (secondary N) is 4. The molecule has 1 fully saturated rings. The van der Waals surface area contributed by atoms with Gasteiger partial charge in [-0.25, -0.2) is 0 Å². The maximum atomic E-state index is 12.8. The van der Waals surface area contributed by atoms with E-state index in [9.17, 15) is 19.5 Å². The monoisotopic (exact) mass is 441 g/mol. The summed E-state index contributed by atoms with van der Waals surface area (Å²) in [5.74, 6) is 1.34. The minimum Gasteiger partial charge on any atom is -0.496 e. The summed E-state index contributed by atoms with van der Waals surface area (Å²) < 4.78 is 5.30. The molecule has 1 aliphatic heterocycles. The lowest BCUT2D eigenvalue weighted by Gasteiger charge is -2.25. The number of nitrogens with two attached hydrogens (primary N) is 1. The Bertz CT molecular complexity index is 1040. The van der Waals surface area contributed by atoms with Crippen molar-refractivity contribution in [2.75, 3.05) is 13.7 Å². The van der Waals surface area contributed by atoms with E-state index in [2.05, 4.69) is 26.9 Å². The molecule has 2 heterocycles. The zero-order valence-electron chi connectivity index (χ0n) is 17.7. The van der Waals surface area contributed by atoms with Crippen molar-refractivity contribution in [3.63, 3.8) is 0 Å². The number of benzene rings is 1. The Balaban J connectivity index is 1.71. The molecule has 1 aromatic heterocycles. The molecule has 1 aliphatic rings. The van der Waals surface area contributed by atoms with Gasteiger partial charge in [0, 0.05) is 29.8 Å². The number of amides is 3. The Morgan fingerprint density at radius 1 is 1.41 bits per heavy atom. The third kappa shape index (κ3) is 5.19. The number of fused-ring (bicyclic) bond motifs is 1. The van der Waals surface area contributed by atoms with Gasteiger partial charge < -0.3 is 36.5 Å². The number of carbonyl (C=O) groups excluding carboxylic acids is 3. The highest BCUT2D eigenvalue weighted by Crippen LogP contribution is 2.26. The van der Waals surface area contributed by atoms with Crippen molar-refractivity contribution < 1.29 is 24.2 Å². The minimum atomic E-state index is -1.38. The normalized spacial score (nSPS) is 18.3. The van der Waals surface area contributed by atoms with Crippen LogP contribution in [0.4, 0.5) is 0 Å². The number of aliphatic hydroxyl groups is 1. The van der Waals surface area contributed by atoms with Crippen molar-refractivity contribution in [2.45, 2.75) is 37.6 Å². The fraction of sp³-hybridized carbons (Fsp3) is 0.409. The van der Waals surface area contributed by atoms with Gasteiger partial charge in [-0.05, 0) is 31.0 Å². The maximum Gasteiger partial charge on any atom is 0.268 e. The average Bonchev–Trinajstić information content (AvgIpc) is 3.38. The summed E-state index contributed by atoms with van der Waals surface area (Å²) in [6.07, 6.45) is 4.70. The topological polar surface area (TPSA) is 159 Å². The number of aromatic amines is 1. The second kappa shape index (κ2) is 10.2. The molecule has 3 amide bonds. The Kier molecular flexibility index (Phi) is 7.35. The smallest absolute Gasteiger partial charge is 0.268 e. The van der Waals surface area contributed by atoms with Crippen LogP contribution in [0.15, 0.2) is 24.3 Å². The van der Waals surface area contributed by atoms with Gasteiger partial charge in [0.05, 0.1) is 13.2 Å². The van der Waals surface area contributed by atoms with Crippen LogP contribution in [-0.4, -0.2) is 59.8 Å². The molecule has 10 nitrogen and oxygen atoms in total. The molecule has 0 spiro atoms. The summed E-state index contributed by atoms with van der Waals surface area (Å²) in [4.78, 5) is 40.4. The lowest BCUT2D eigenvalue weighted by molar-refractivity contribution is -0.126. The predicted molar refractivity (Wildman–Crippen MR) is 117 cm³/mol. The second-order valence-corrected chi connectivity index (χ2v) is 7.66. The van der Waals surface area contributed by atoms with Gasteiger partial charge in [-0.3, -0.25) is 14.4 Å². The van der Waals surface area contributed by atoms with Crippen LogP contribution in [0.1, 0.15) is 29.8 Å². The van der Waals surface area contributed by atoms with Gasteiger partial charge in [0.1, 0.15) is 23.7 Å². The SMILES string of the molecule is C#CC[C@H](NC(=O)c1cc2c(OC)cccc2[nH]1)C(=O)N[C@@H](C[C@@H]1CCNC1=O)C(N)O. The third-order valence-electron chi connectivity index (χ3n) is 5.47. The Hall–Kier alpha value is -3.55. The highest BCUT2D eigenvalue weighted by Gasteiger charge is 2.32. The van der Waals surface area contributed by atoms with E-state index < -0.39 is 30.1 Å². The lowest BCUT2D eigenvalue weighted by atomic mass is 9.97. The van der Waals surface area contributed by atoms with E-state index in [1.54, 1.807) is 24.3 Å². The number of terminal acetylenes is 1. The zero-order valence-corrected chi connectivity index (χ0v) is 17.7. The first-order valence-electron chi connectivity index (χ1n) is 10.3. The highest BCUT2D eigenvalue weighted by molar-refractivity contribution is 6.01. The molecular weight excluding hydrogens is 414 g/mol. The van der Waals surface area contributed by atoms with Crippen molar-refractivity contribution >= 4 is 28.6 Å². The average molecular weight is 441 g/mol. The first kappa shape index (κ1) is 23.1.